The number of piperidine rings is 1. The molecule has 0 spiro atoms. The minimum Gasteiger partial charge on any atom is -0.364 e. The number of nitrogens with zero attached hydrogens (tertiary/aromatic N) is 1. The summed E-state index contributed by atoms with van der Waals surface area (Å²) in [6, 6.07) is 11.9. The van der Waals surface area contributed by atoms with E-state index in [1.165, 1.54) is 18.4 Å². The van der Waals surface area contributed by atoms with Gasteiger partial charge >= 0.3 is 0 Å². The third-order valence-electron chi connectivity index (χ3n) is 3.88. The van der Waals surface area contributed by atoms with Crippen LogP contribution >= 0.6 is 0 Å². The van der Waals surface area contributed by atoms with Gasteiger partial charge in [0.1, 0.15) is 0 Å². The van der Waals surface area contributed by atoms with Gasteiger partial charge in [-0.05, 0) is 31.5 Å². The Hall–Kier alpha value is -0.900. The molecule has 0 bridgehead atoms. The van der Waals surface area contributed by atoms with Crippen molar-refractivity contribution in [1.29, 1.82) is 0 Å². The van der Waals surface area contributed by atoms with Gasteiger partial charge in [-0.15, -0.1) is 0 Å². The highest BCUT2D eigenvalue weighted by atomic mass is 16.5. The van der Waals surface area contributed by atoms with Crippen molar-refractivity contribution < 1.29 is 4.74 Å². The van der Waals surface area contributed by atoms with E-state index in [1.807, 2.05) is 0 Å². The zero-order valence-electron chi connectivity index (χ0n) is 10.1. The number of hydrogen-bond acceptors (Lipinski definition) is 3. The first-order chi connectivity index (χ1) is 8.45. The standard InChI is InChI=1S/C14H20N2O/c1-2-4-12(5-3-1)14-10-17-11-16(14)13-6-8-15-9-7-13/h1-5,13-15H,6-11H2/t14-/m0/s1. The van der Waals surface area contributed by atoms with Crippen molar-refractivity contribution in [2.24, 2.45) is 0 Å². The zero-order chi connectivity index (χ0) is 11.5. The van der Waals surface area contributed by atoms with E-state index < -0.39 is 0 Å². The fraction of sp³-hybridized carbons (Fsp3) is 0.571. The molecule has 0 saturated carbocycles. The maximum absolute atomic E-state index is 5.68. The Labute approximate surface area is 103 Å². The first-order valence-electron chi connectivity index (χ1n) is 6.54. The summed E-state index contributed by atoms with van der Waals surface area (Å²) in [6.07, 6.45) is 2.49. The molecule has 0 aromatic heterocycles. The highest BCUT2D eigenvalue weighted by molar-refractivity contribution is 5.20. The van der Waals surface area contributed by atoms with Crippen LogP contribution in [-0.2, 0) is 4.74 Å². The Morgan fingerprint density at radius 3 is 2.65 bits per heavy atom. The molecule has 2 fully saturated rings. The molecule has 17 heavy (non-hydrogen) atoms. The van der Waals surface area contributed by atoms with Crippen LogP contribution in [0, 0.1) is 0 Å². The lowest BCUT2D eigenvalue weighted by molar-refractivity contribution is 0.0911. The Balaban J connectivity index is 1.75. The largest absolute Gasteiger partial charge is 0.364 e. The van der Waals surface area contributed by atoms with E-state index in [-0.39, 0.29) is 0 Å². The summed E-state index contributed by atoms with van der Waals surface area (Å²) in [7, 11) is 0. The van der Waals surface area contributed by atoms with Gasteiger partial charge in [-0.25, -0.2) is 0 Å². The van der Waals surface area contributed by atoms with E-state index in [4.69, 9.17) is 4.74 Å². The molecule has 0 radical (unpaired) electrons. The first kappa shape index (κ1) is 11.2. The average Bonchev–Trinajstić information content (AvgIpc) is 2.90. The lowest BCUT2D eigenvalue weighted by Crippen LogP contribution is -2.43. The van der Waals surface area contributed by atoms with Crippen molar-refractivity contribution in [3.8, 4) is 0 Å². The number of ether oxygens (including phenoxy) is 1. The molecule has 1 aromatic carbocycles. The predicted octanol–water partition coefficient (Wildman–Crippen LogP) is 1.77. The number of nitrogens with one attached hydrogen (secondary N) is 1. The minimum absolute atomic E-state index is 0.458. The van der Waals surface area contributed by atoms with Crippen LogP contribution in [0.5, 0.6) is 0 Å². The molecule has 2 saturated heterocycles. The zero-order valence-corrected chi connectivity index (χ0v) is 10.1. The van der Waals surface area contributed by atoms with Gasteiger partial charge < -0.3 is 10.1 Å². The number of benzene rings is 1. The van der Waals surface area contributed by atoms with Crippen molar-refractivity contribution in [2.75, 3.05) is 26.4 Å². The van der Waals surface area contributed by atoms with Crippen molar-refractivity contribution in [3.63, 3.8) is 0 Å². The smallest absolute Gasteiger partial charge is 0.0999 e. The average molecular weight is 232 g/mol. The van der Waals surface area contributed by atoms with Crippen LogP contribution in [0.3, 0.4) is 0 Å². The summed E-state index contributed by atoms with van der Waals surface area (Å²) in [5.41, 5.74) is 1.39. The molecule has 2 aliphatic heterocycles. The molecule has 1 atom stereocenters. The van der Waals surface area contributed by atoms with Crippen LogP contribution in [0.15, 0.2) is 30.3 Å². The van der Waals surface area contributed by atoms with Crippen LogP contribution in [-0.4, -0.2) is 37.4 Å². The molecule has 0 unspecified atom stereocenters. The lowest BCUT2D eigenvalue weighted by Gasteiger charge is -2.34. The molecule has 2 aliphatic rings. The number of hydrogen-bond donors (Lipinski definition) is 1. The molecule has 3 nitrogen and oxygen atoms in total. The number of rotatable bonds is 2. The van der Waals surface area contributed by atoms with E-state index in [2.05, 4.69) is 40.5 Å². The minimum atomic E-state index is 0.458. The van der Waals surface area contributed by atoms with Crippen LogP contribution in [0.4, 0.5) is 0 Å². The second kappa shape index (κ2) is 5.17. The second-order valence-electron chi connectivity index (χ2n) is 4.92. The Morgan fingerprint density at radius 1 is 1.12 bits per heavy atom. The molecule has 3 rings (SSSR count). The van der Waals surface area contributed by atoms with Crippen molar-refractivity contribution in [3.05, 3.63) is 35.9 Å². The highest BCUT2D eigenvalue weighted by Gasteiger charge is 2.32. The normalized spacial score (nSPS) is 27.4. The van der Waals surface area contributed by atoms with Crippen LogP contribution in [0.25, 0.3) is 0 Å². The van der Waals surface area contributed by atoms with Gasteiger partial charge in [0.05, 0.1) is 19.4 Å². The Bertz CT molecular complexity index is 348. The molecule has 3 heteroatoms. The molecule has 1 aromatic rings. The monoisotopic (exact) mass is 232 g/mol. The van der Waals surface area contributed by atoms with Crippen molar-refractivity contribution >= 4 is 0 Å². The topological polar surface area (TPSA) is 24.5 Å². The van der Waals surface area contributed by atoms with Gasteiger partial charge in [0.25, 0.3) is 0 Å². The van der Waals surface area contributed by atoms with Crippen LogP contribution < -0.4 is 5.32 Å². The van der Waals surface area contributed by atoms with Crippen molar-refractivity contribution in [2.45, 2.75) is 24.9 Å². The molecular weight excluding hydrogens is 212 g/mol. The van der Waals surface area contributed by atoms with E-state index in [1.54, 1.807) is 0 Å². The molecule has 0 amide bonds. The molecule has 2 heterocycles. The summed E-state index contributed by atoms with van der Waals surface area (Å²) in [4.78, 5) is 2.54. The van der Waals surface area contributed by atoms with E-state index in [0.717, 1.165) is 26.4 Å². The third kappa shape index (κ3) is 2.37. The fourth-order valence-corrected chi connectivity index (χ4v) is 2.92. The highest BCUT2D eigenvalue weighted by Crippen LogP contribution is 2.30. The summed E-state index contributed by atoms with van der Waals surface area (Å²) in [6.45, 7) is 3.92. The molecule has 0 aliphatic carbocycles. The first-order valence-corrected chi connectivity index (χ1v) is 6.54. The molecule has 1 N–H and O–H groups in total. The van der Waals surface area contributed by atoms with Gasteiger partial charge in [0.15, 0.2) is 0 Å². The summed E-state index contributed by atoms with van der Waals surface area (Å²) in [5, 5.41) is 3.43. The van der Waals surface area contributed by atoms with Crippen LogP contribution in [0.1, 0.15) is 24.4 Å². The van der Waals surface area contributed by atoms with Crippen LogP contribution in [0.2, 0.25) is 0 Å². The maximum Gasteiger partial charge on any atom is 0.0999 e. The quantitative estimate of drug-likeness (QED) is 0.841. The van der Waals surface area contributed by atoms with E-state index >= 15 is 0 Å². The van der Waals surface area contributed by atoms with Gasteiger partial charge in [-0.2, -0.15) is 0 Å². The predicted molar refractivity (Wildman–Crippen MR) is 67.7 cm³/mol. The van der Waals surface area contributed by atoms with E-state index in [0.29, 0.717) is 12.1 Å². The third-order valence-corrected chi connectivity index (χ3v) is 3.88. The lowest BCUT2D eigenvalue weighted by atomic mass is 10.0. The SMILES string of the molecule is c1ccc([C@@H]2COCN2C2CCNCC2)cc1. The van der Waals surface area contributed by atoms with E-state index in [9.17, 15) is 0 Å². The van der Waals surface area contributed by atoms with Gasteiger partial charge in [0.2, 0.25) is 0 Å². The van der Waals surface area contributed by atoms with Gasteiger partial charge in [-0.3, -0.25) is 4.90 Å². The summed E-state index contributed by atoms with van der Waals surface area (Å²) >= 11 is 0. The fourth-order valence-electron chi connectivity index (χ4n) is 2.92. The summed E-state index contributed by atoms with van der Waals surface area (Å²) < 4.78 is 5.68. The summed E-state index contributed by atoms with van der Waals surface area (Å²) in [5.74, 6) is 0. The Morgan fingerprint density at radius 2 is 1.88 bits per heavy atom. The molecule has 92 valence electrons. The second-order valence-corrected chi connectivity index (χ2v) is 4.92. The van der Waals surface area contributed by atoms with Gasteiger partial charge in [-0.1, -0.05) is 30.3 Å². The van der Waals surface area contributed by atoms with Crippen molar-refractivity contribution in [1.82, 2.24) is 10.2 Å². The molecular formula is C14H20N2O. The maximum atomic E-state index is 5.68. The van der Waals surface area contributed by atoms with Gasteiger partial charge in [0, 0.05) is 6.04 Å². The Kier molecular flexibility index (Phi) is 3.41.